The van der Waals surface area contributed by atoms with Gasteiger partial charge in [-0.05, 0) is 46.7 Å². The van der Waals surface area contributed by atoms with Crippen LogP contribution < -0.4 is 15.8 Å². The molecule has 0 aliphatic carbocycles. The van der Waals surface area contributed by atoms with Crippen LogP contribution in [0.3, 0.4) is 0 Å². The van der Waals surface area contributed by atoms with E-state index in [0.717, 1.165) is 13.0 Å². The summed E-state index contributed by atoms with van der Waals surface area (Å²) in [6.07, 6.45) is -12.8. The number of aromatic nitrogens is 2. The summed E-state index contributed by atoms with van der Waals surface area (Å²) < 4.78 is 129. The van der Waals surface area contributed by atoms with Crippen molar-refractivity contribution in [2.24, 2.45) is 5.73 Å². The van der Waals surface area contributed by atoms with E-state index in [2.05, 4.69) is 34.7 Å². The molecule has 1 unspecified atom stereocenters. The number of alkyl halides is 6. The summed E-state index contributed by atoms with van der Waals surface area (Å²) in [5.41, 5.74) is 5.14. The van der Waals surface area contributed by atoms with Gasteiger partial charge in [0.25, 0.3) is 0 Å². The molecular formula is C29H48F7N5O4SSi. The third kappa shape index (κ3) is 12.0. The second-order valence-corrected chi connectivity index (χ2v) is 21.3. The average molecular weight is 724 g/mol. The molecule has 1 heterocycles. The molecule has 0 bridgehead atoms. The van der Waals surface area contributed by atoms with Crippen molar-refractivity contribution in [2.75, 3.05) is 26.9 Å². The number of halogens is 7. The lowest BCUT2D eigenvalue weighted by molar-refractivity contribution is -0.227. The summed E-state index contributed by atoms with van der Waals surface area (Å²) in [5, 5.41) is 2.60. The molecule has 6 atom stereocenters. The van der Waals surface area contributed by atoms with Crippen LogP contribution in [0.25, 0.3) is 11.0 Å². The van der Waals surface area contributed by atoms with Crippen LogP contribution in [-0.4, -0.2) is 84.1 Å². The SMILES string of the molecule is COC[C@@H](NC[C@H](N)C(F)(F)F)c1ccc2c(nc([C@@H](NS(=O)C(C)(C)C)[C@@H](C)O[C@H](C)C(F)(F)F)n2COCC[Si](C)(C)C)c1F. The van der Waals surface area contributed by atoms with E-state index in [1.807, 2.05) is 0 Å². The molecule has 0 aliphatic rings. The molecular weight excluding hydrogens is 675 g/mol. The lowest BCUT2D eigenvalue weighted by atomic mass is 10.1. The number of rotatable bonds is 17. The van der Waals surface area contributed by atoms with E-state index in [1.165, 1.54) is 30.7 Å². The van der Waals surface area contributed by atoms with Gasteiger partial charge in [0.2, 0.25) is 0 Å². The molecule has 0 fully saturated rings. The second kappa shape index (κ2) is 16.4. The number of benzene rings is 1. The third-order valence-corrected chi connectivity index (χ3v) is 10.6. The predicted molar refractivity (Wildman–Crippen MR) is 170 cm³/mol. The fraction of sp³-hybridized carbons (Fsp3) is 0.759. The van der Waals surface area contributed by atoms with Gasteiger partial charge in [-0.25, -0.2) is 18.3 Å². The van der Waals surface area contributed by atoms with Gasteiger partial charge in [0.1, 0.15) is 30.2 Å². The highest BCUT2D eigenvalue weighted by atomic mass is 32.2. The first-order chi connectivity index (χ1) is 21.4. The van der Waals surface area contributed by atoms with Gasteiger partial charge < -0.3 is 29.8 Å². The number of nitrogens with zero attached hydrogens (tertiary/aromatic N) is 2. The predicted octanol–water partition coefficient (Wildman–Crippen LogP) is 6.10. The lowest BCUT2D eigenvalue weighted by Crippen LogP contribution is -2.46. The summed E-state index contributed by atoms with van der Waals surface area (Å²) in [6, 6.07) is -0.884. The second-order valence-electron chi connectivity index (χ2n) is 13.6. The van der Waals surface area contributed by atoms with Crippen LogP contribution in [0.15, 0.2) is 12.1 Å². The van der Waals surface area contributed by atoms with Crippen LogP contribution in [0.2, 0.25) is 25.7 Å². The minimum atomic E-state index is -4.69. The molecule has 0 aliphatic heterocycles. The summed E-state index contributed by atoms with van der Waals surface area (Å²) in [7, 11) is -2.05. The van der Waals surface area contributed by atoms with Crippen molar-refractivity contribution in [1.29, 1.82) is 0 Å². The Bertz CT molecular complexity index is 1330. The molecule has 4 N–H and O–H groups in total. The molecule has 0 radical (unpaired) electrons. The summed E-state index contributed by atoms with van der Waals surface area (Å²) in [4.78, 5) is 4.49. The van der Waals surface area contributed by atoms with Crippen molar-refractivity contribution in [3.05, 3.63) is 29.3 Å². The van der Waals surface area contributed by atoms with E-state index >= 15 is 4.39 Å². The molecule has 47 heavy (non-hydrogen) atoms. The largest absolute Gasteiger partial charge is 0.414 e. The highest BCUT2D eigenvalue weighted by Gasteiger charge is 2.41. The molecule has 0 saturated heterocycles. The van der Waals surface area contributed by atoms with Crippen LogP contribution in [-0.2, 0) is 31.9 Å². The molecule has 0 amide bonds. The zero-order valence-electron chi connectivity index (χ0n) is 28.2. The van der Waals surface area contributed by atoms with Gasteiger partial charge in [0, 0.05) is 33.9 Å². The fourth-order valence-electron chi connectivity index (χ4n) is 4.31. The van der Waals surface area contributed by atoms with Gasteiger partial charge in [0.05, 0.1) is 40.0 Å². The first-order valence-electron chi connectivity index (χ1n) is 15.1. The van der Waals surface area contributed by atoms with Gasteiger partial charge in [-0.3, -0.25) is 0 Å². The smallest absolute Gasteiger partial charge is 0.383 e. The third-order valence-electron chi connectivity index (χ3n) is 7.27. The zero-order valence-corrected chi connectivity index (χ0v) is 30.1. The van der Waals surface area contributed by atoms with E-state index in [-0.39, 0.29) is 35.8 Å². The highest BCUT2D eigenvalue weighted by Crippen LogP contribution is 2.33. The van der Waals surface area contributed by atoms with Crippen LogP contribution in [0, 0.1) is 5.82 Å². The molecule has 1 aromatic carbocycles. The van der Waals surface area contributed by atoms with Crippen molar-refractivity contribution in [3.8, 4) is 0 Å². The number of imidazole rings is 1. The maximum absolute atomic E-state index is 16.3. The molecule has 2 rings (SSSR count). The first-order valence-corrected chi connectivity index (χ1v) is 19.9. The van der Waals surface area contributed by atoms with E-state index in [0.29, 0.717) is 6.61 Å². The Morgan fingerprint density at radius 1 is 1.06 bits per heavy atom. The topological polar surface area (TPSA) is 113 Å². The Labute approximate surface area is 275 Å². The molecule has 1 aromatic heterocycles. The standard InChI is InChI=1S/C29H48F7N5O4SSi/c1-17(45-18(2)28(31,32)33)24(40-46(42)27(3,4)5)26-39-25-21(41(26)16-44-12-13-47(7,8)9)11-10-19(23(25)30)20(15-43-6)38-14-22(37)29(34,35)36/h10-11,17-18,20,22,24,38,40H,12-16,37H2,1-9H3/t17-,18-,20-,22+,24+,46?/m1/s1. The number of hydrogen-bond acceptors (Lipinski definition) is 7. The van der Waals surface area contributed by atoms with Crippen molar-refractivity contribution in [3.63, 3.8) is 0 Å². The Kier molecular flexibility index (Phi) is 14.4. The van der Waals surface area contributed by atoms with Crippen molar-refractivity contribution in [2.45, 2.75) is 114 Å². The van der Waals surface area contributed by atoms with Gasteiger partial charge in [-0.2, -0.15) is 26.3 Å². The Balaban J connectivity index is 2.72. The Hall–Kier alpha value is -1.67. The summed E-state index contributed by atoms with van der Waals surface area (Å²) in [5.74, 6) is -0.897. The maximum Gasteiger partial charge on any atom is 0.414 e. The number of methoxy groups -OCH3 is 1. The van der Waals surface area contributed by atoms with Crippen LogP contribution in [0.4, 0.5) is 30.7 Å². The number of ether oxygens (including phenoxy) is 3. The fourth-order valence-corrected chi connectivity index (χ4v) is 5.95. The minimum absolute atomic E-state index is 0.00104. The Morgan fingerprint density at radius 3 is 2.19 bits per heavy atom. The van der Waals surface area contributed by atoms with E-state index < -0.39 is 78.9 Å². The van der Waals surface area contributed by atoms with E-state index in [9.17, 15) is 30.6 Å². The van der Waals surface area contributed by atoms with Gasteiger partial charge in [0.15, 0.2) is 11.9 Å². The van der Waals surface area contributed by atoms with Crippen molar-refractivity contribution in [1.82, 2.24) is 19.6 Å². The Morgan fingerprint density at radius 2 is 1.68 bits per heavy atom. The van der Waals surface area contributed by atoms with Gasteiger partial charge in [-0.1, -0.05) is 25.7 Å². The van der Waals surface area contributed by atoms with Gasteiger partial charge in [-0.15, -0.1) is 0 Å². The number of nitrogens with two attached hydrogens (primary N) is 1. The van der Waals surface area contributed by atoms with Crippen LogP contribution in [0.1, 0.15) is 58.1 Å². The number of nitrogens with one attached hydrogen (secondary N) is 2. The van der Waals surface area contributed by atoms with Crippen molar-refractivity contribution < 1.29 is 49.2 Å². The minimum Gasteiger partial charge on any atom is -0.383 e. The first kappa shape index (κ1) is 41.5. The molecule has 2 aromatic rings. The van der Waals surface area contributed by atoms with E-state index in [1.54, 1.807) is 20.8 Å². The highest BCUT2D eigenvalue weighted by molar-refractivity contribution is 7.84. The average Bonchev–Trinajstić information content (AvgIpc) is 3.28. The van der Waals surface area contributed by atoms with Gasteiger partial charge >= 0.3 is 12.4 Å². The molecule has 9 nitrogen and oxygen atoms in total. The van der Waals surface area contributed by atoms with Crippen molar-refractivity contribution >= 4 is 30.1 Å². The molecule has 272 valence electrons. The maximum atomic E-state index is 16.3. The number of fused-ring (bicyclic) bond motifs is 1. The zero-order chi connectivity index (χ0) is 36.1. The molecule has 0 spiro atoms. The molecule has 18 heteroatoms. The lowest BCUT2D eigenvalue weighted by Gasteiger charge is -2.30. The van der Waals surface area contributed by atoms with E-state index in [4.69, 9.17) is 19.9 Å². The number of hydrogen-bond donors (Lipinski definition) is 3. The van der Waals surface area contributed by atoms with Crippen LogP contribution in [0.5, 0.6) is 0 Å². The van der Waals surface area contributed by atoms with Crippen LogP contribution >= 0.6 is 0 Å². The summed E-state index contributed by atoms with van der Waals surface area (Å²) in [6.45, 7) is 12.9. The summed E-state index contributed by atoms with van der Waals surface area (Å²) >= 11 is 0. The normalized spacial score (nSPS) is 17.5. The quantitative estimate of drug-likeness (QED) is 0.103. The molecule has 0 saturated carbocycles. The monoisotopic (exact) mass is 723 g/mol.